The van der Waals surface area contributed by atoms with Gasteiger partial charge in [0.1, 0.15) is 12.3 Å². The Labute approximate surface area is 180 Å². The molecular weight excluding hydrogens is 427 g/mol. The van der Waals surface area contributed by atoms with Crippen molar-refractivity contribution in [1.82, 2.24) is 14.5 Å². The van der Waals surface area contributed by atoms with Crippen LogP contribution in [0.15, 0.2) is 76.4 Å². The Bertz CT molecular complexity index is 1190. The van der Waals surface area contributed by atoms with Gasteiger partial charge in [0.25, 0.3) is 5.56 Å². The minimum atomic E-state index is -4.46. The molecule has 1 N–H and O–H groups in total. The van der Waals surface area contributed by atoms with Gasteiger partial charge in [0.2, 0.25) is 5.91 Å². The van der Waals surface area contributed by atoms with E-state index in [1.165, 1.54) is 35.0 Å². The fourth-order valence-electron chi connectivity index (χ4n) is 2.91. The minimum absolute atomic E-state index is 0.0113. The van der Waals surface area contributed by atoms with Gasteiger partial charge in [-0.05, 0) is 23.3 Å². The minimum Gasteiger partial charge on any atom is -0.484 e. The maximum Gasteiger partial charge on any atom is 0.422 e. The number of nitrogens with one attached hydrogen (secondary N) is 1. The summed E-state index contributed by atoms with van der Waals surface area (Å²) < 4.78 is 43.7. The third-order valence-corrected chi connectivity index (χ3v) is 4.43. The second-order valence-electron chi connectivity index (χ2n) is 6.96. The van der Waals surface area contributed by atoms with Gasteiger partial charge in [-0.2, -0.15) is 13.2 Å². The van der Waals surface area contributed by atoms with Gasteiger partial charge in [-0.25, -0.2) is 4.79 Å². The highest BCUT2D eigenvalue weighted by Gasteiger charge is 2.28. The predicted molar refractivity (Wildman–Crippen MR) is 110 cm³/mol. The molecule has 32 heavy (non-hydrogen) atoms. The zero-order valence-electron chi connectivity index (χ0n) is 16.8. The van der Waals surface area contributed by atoms with E-state index in [9.17, 15) is 27.6 Å². The van der Waals surface area contributed by atoms with Crippen molar-refractivity contribution in [3.8, 4) is 5.75 Å². The lowest BCUT2D eigenvalue weighted by Crippen LogP contribution is -2.43. The van der Waals surface area contributed by atoms with Crippen LogP contribution in [-0.2, 0) is 24.4 Å². The summed E-state index contributed by atoms with van der Waals surface area (Å²) in [6, 6.07) is 16.2. The zero-order chi connectivity index (χ0) is 23.1. The molecule has 168 valence electrons. The summed E-state index contributed by atoms with van der Waals surface area (Å²) >= 11 is 0. The number of amides is 1. The lowest BCUT2D eigenvalue weighted by Gasteiger charge is -2.12. The zero-order valence-corrected chi connectivity index (χ0v) is 16.8. The Balaban J connectivity index is 1.63. The van der Waals surface area contributed by atoms with Crippen molar-refractivity contribution in [1.29, 1.82) is 0 Å². The third-order valence-electron chi connectivity index (χ3n) is 4.43. The number of alkyl halides is 3. The van der Waals surface area contributed by atoms with Crippen LogP contribution in [0.5, 0.6) is 5.75 Å². The lowest BCUT2D eigenvalue weighted by molar-refractivity contribution is -0.153. The molecule has 0 radical (unpaired) electrons. The van der Waals surface area contributed by atoms with Crippen molar-refractivity contribution in [3.05, 3.63) is 98.8 Å². The Hall–Kier alpha value is -3.82. The first kappa shape index (κ1) is 22.9. The number of aromatic nitrogens is 2. The van der Waals surface area contributed by atoms with E-state index in [0.29, 0.717) is 5.56 Å². The molecule has 0 aliphatic rings. The lowest BCUT2D eigenvalue weighted by atomic mass is 10.2. The summed E-state index contributed by atoms with van der Waals surface area (Å²) in [6.07, 6.45) is -3.08. The number of carbonyl (C=O) groups excluding carboxylic acids is 1. The van der Waals surface area contributed by atoms with Crippen LogP contribution in [0.4, 0.5) is 13.2 Å². The molecule has 0 fully saturated rings. The Kier molecular flexibility index (Phi) is 7.14. The molecule has 1 amide bonds. The average Bonchev–Trinajstić information content (AvgIpc) is 2.76. The largest absolute Gasteiger partial charge is 0.484 e. The van der Waals surface area contributed by atoms with Gasteiger partial charge in [0.05, 0.1) is 6.54 Å². The number of halogens is 3. The quantitative estimate of drug-likeness (QED) is 0.575. The summed E-state index contributed by atoms with van der Waals surface area (Å²) in [5.74, 6) is -0.583. The predicted octanol–water partition coefficient (Wildman–Crippen LogP) is 2.32. The maximum atomic E-state index is 12.6. The van der Waals surface area contributed by atoms with Crippen LogP contribution in [0.2, 0.25) is 0 Å². The molecule has 0 aliphatic carbocycles. The van der Waals surface area contributed by atoms with E-state index in [4.69, 9.17) is 0 Å². The van der Waals surface area contributed by atoms with Crippen molar-refractivity contribution in [2.45, 2.75) is 25.8 Å². The number of carbonyl (C=O) groups is 1. The van der Waals surface area contributed by atoms with Crippen molar-refractivity contribution < 1.29 is 22.7 Å². The molecule has 0 atom stereocenters. The Morgan fingerprint density at radius 1 is 0.969 bits per heavy atom. The van der Waals surface area contributed by atoms with Crippen LogP contribution in [0.1, 0.15) is 11.1 Å². The van der Waals surface area contributed by atoms with Gasteiger partial charge in [0.15, 0.2) is 6.61 Å². The number of ether oxygens (including phenoxy) is 1. The second-order valence-corrected chi connectivity index (χ2v) is 6.96. The number of hydrogen-bond acceptors (Lipinski definition) is 4. The molecule has 0 saturated heterocycles. The molecule has 0 aliphatic heterocycles. The van der Waals surface area contributed by atoms with E-state index in [1.807, 2.05) is 30.3 Å². The van der Waals surface area contributed by atoms with Crippen LogP contribution in [0.3, 0.4) is 0 Å². The first-order valence-corrected chi connectivity index (χ1v) is 9.61. The van der Waals surface area contributed by atoms with Crippen LogP contribution in [0, 0.1) is 0 Å². The van der Waals surface area contributed by atoms with Crippen LogP contribution < -0.4 is 21.3 Å². The van der Waals surface area contributed by atoms with E-state index < -0.39 is 36.5 Å². The molecule has 0 bridgehead atoms. The summed E-state index contributed by atoms with van der Waals surface area (Å²) in [4.78, 5) is 37.1. The number of nitrogens with zero attached hydrogens (tertiary/aromatic N) is 2. The average molecular weight is 447 g/mol. The van der Waals surface area contributed by atoms with E-state index in [2.05, 4.69) is 10.1 Å². The van der Waals surface area contributed by atoms with E-state index >= 15 is 0 Å². The molecule has 0 spiro atoms. The van der Waals surface area contributed by atoms with Crippen LogP contribution >= 0.6 is 0 Å². The van der Waals surface area contributed by atoms with Crippen molar-refractivity contribution in [2.24, 2.45) is 0 Å². The van der Waals surface area contributed by atoms with E-state index in [-0.39, 0.29) is 18.8 Å². The third kappa shape index (κ3) is 6.59. The normalized spacial score (nSPS) is 11.2. The van der Waals surface area contributed by atoms with Crippen molar-refractivity contribution >= 4 is 5.91 Å². The topological polar surface area (TPSA) is 82.3 Å². The maximum absolute atomic E-state index is 12.6. The van der Waals surface area contributed by atoms with Crippen molar-refractivity contribution in [2.75, 3.05) is 6.61 Å². The molecule has 2 aromatic carbocycles. The highest BCUT2D eigenvalue weighted by molar-refractivity contribution is 5.75. The van der Waals surface area contributed by atoms with E-state index in [0.717, 1.165) is 10.1 Å². The molecule has 1 aromatic heterocycles. The van der Waals surface area contributed by atoms with Gasteiger partial charge >= 0.3 is 11.9 Å². The Morgan fingerprint density at radius 2 is 1.69 bits per heavy atom. The summed E-state index contributed by atoms with van der Waals surface area (Å²) in [5.41, 5.74) is 0.118. The molecule has 1 heterocycles. The number of benzene rings is 2. The molecule has 0 saturated carbocycles. The SMILES string of the molecule is O=C(Cn1c(=O)ccn(Cc2ccccc2)c1=O)NCc1cccc(OCC(F)(F)F)c1. The van der Waals surface area contributed by atoms with Gasteiger partial charge in [0, 0.05) is 18.8 Å². The van der Waals surface area contributed by atoms with E-state index in [1.54, 1.807) is 6.07 Å². The first-order chi connectivity index (χ1) is 15.2. The first-order valence-electron chi connectivity index (χ1n) is 9.61. The smallest absolute Gasteiger partial charge is 0.422 e. The summed E-state index contributed by atoms with van der Waals surface area (Å²) in [5, 5.41) is 2.55. The molecule has 3 rings (SSSR count). The highest BCUT2D eigenvalue weighted by Crippen LogP contribution is 2.19. The fourth-order valence-corrected chi connectivity index (χ4v) is 2.91. The Morgan fingerprint density at radius 3 is 2.41 bits per heavy atom. The monoisotopic (exact) mass is 447 g/mol. The van der Waals surface area contributed by atoms with Crippen LogP contribution in [0.25, 0.3) is 0 Å². The van der Waals surface area contributed by atoms with Gasteiger partial charge in [-0.3, -0.25) is 18.7 Å². The van der Waals surface area contributed by atoms with Gasteiger partial charge < -0.3 is 10.1 Å². The second kappa shape index (κ2) is 9.99. The molecule has 0 unspecified atom stereocenters. The van der Waals surface area contributed by atoms with Crippen molar-refractivity contribution in [3.63, 3.8) is 0 Å². The highest BCUT2D eigenvalue weighted by atomic mass is 19.4. The molecular formula is C22H20F3N3O4. The van der Waals surface area contributed by atoms with Gasteiger partial charge in [-0.15, -0.1) is 0 Å². The molecule has 10 heteroatoms. The van der Waals surface area contributed by atoms with Crippen LogP contribution in [-0.4, -0.2) is 27.8 Å². The fraction of sp³-hybridized carbons (Fsp3) is 0.227. The summed E-state index contributed by atoms with van der Waals surface area (Å²) in [6.45, 7) is -1.68. The molecule has 7 nitrogen and oxygen atoms in total. The van der Waals surface area contributed by atoms with Gasteiger partial charge in [-0.1, -0.05) is 42.5 Å². The molecule has 3 aromatic rings. The number of hydrogen-bond donors (Lipinski definition) is 1. The number of rotatable bonds is 8. The summed E-state index contributed by atoms with van der Waals surface area (Å²) in [7, 11) is 0. The standard InChI is InChI=1S/C22H20F3N3O4/c23-22(24,25)15-32-18-8-4-7-17(11-18)12-26-19(29)14-28-20(30)9-10-27(21(28)31)13-16-5-2-1-3-6-16/h1-11H,12-15H2,(H,26,29).